The molecule has 1 aliphatic heterocycles. The predicted molar refractivity (Wildman–Crippen MR) is 142 cm³/mol. The van der Waals surface area contributed by atoms with E-state index in [1.807, 2.05) is 65.6 Å². The molecule has 5 nitrogen and oxygen atoms in total. The molecule has 0 bridgehead atoms. The van der Waals surface area contributed by atoms with Crippen LogP contribution in [0.2, 0.25) is 10.0 Å². The van der Waals surface area contributed by atoms with Gasteiger partial charge < -0.3 is 20.2 Å². The molecule has 2 unspecified atom stereocenters. The summed E-state index contributed by atoms with van der Waals surface area (Å²) in [5.41, 5.74) is 3.65. The molecule has 180 valence electrons. The largest absolute Gasteiger partial charge is 0.389 e. The average Bonchev–Trinajstić information content (AvgIpc) is 2.86. The molecule has 0 saturated carbocycles. The van der Waals surface area contributed by atoms with Crippen LogP contribution in [0.4, 0.5) is 16.2 Å². The van der Waals surface area contributed by atoms with Crippen molar-refractivity contribution in [2.75, 3.05) is 36.2 Å². The van der Waals surface area contributed by atoms with Gasteiger partial charge in [-0.1, -0.05) is 47.5 Å². The van der Waals surface area contributed by atoms with Crippen molar-refractivity contribution in [3.8, 4) is 0 Å². The molecule has 2 amide bonds. The second-order valence-corrected chi connectivity index (χ2v) is 8.78. The third-order valence-corrected chi connectivity index (χ3v) is 6.23. The fraction of sp³-hybridized carbons (Fsp3) is 0.269. The minimum Gasteiger partial charge on any atom is -0.389 e. The summed E-state index contributed by atoms with van der Waals surface area (Å²) >= 11 is 16.8. The number of halogens is 3. The van der Waals surface area contributed by atoms with Crippen molar-refractivity contribution in [3.05, 3.63) is 94.0 Å². The highest BCUT2D eigenvalue weighted by Crippen LogP contribution is 2.32. The van der Waals surface area contributed by atoms with E-state index < -0.39 is 6.10 Å². The zero-order chi connectivity index (χ0) is 24.7. The first-order valence-corrected chi connectivity index (χ1v) is 12.4. The van der Waals surface area contributed by atoms with E-state index in [0.29, 0.717) is 35.4 Å². The first kappa shape index (κ1) is 26.2. The Morgan fingerprint density at radius 3 is 2.03 bits per heavy atom. The maximum absolute atomic E-state index is 13.0. The fourth-order valence-corrected chi connectivity index (χ4v) is 4.18. The van der Waals surface area contributed by atoms with E-state index in [2.05, 4.69) is 21.8 Å². The Morgan fingerprint density at radius 1 is 0.912 bits per heavy atom. The van der Waals surface area contributed by atoms with Gasteiger partial charge in [-0.2, -0.15) is 0 Å². The summed E-state index contributed by atoms with van der Waals surface area (Å²) in [6.07, 6.45) is 0.931. The lowest BCUT2D eigenvalue weighted by atomic mass is 10.0. The Hall–Kier alpha value is -2.44. The molecular weight excluding hydrogens is 493 g/mol. The number of aliphatic hydroxyl groups excluding tert-OH is 1. The zero-order valence-corrected chi connectivity index (χ0v) is 21.4. The number of alkyl halides is 1. The number of hydrogen-bond acceptors (Lipinski definition) is 3. The monoisotopic (exact) mass is 519 g/mol. The Balaban J connectivity index is 0.00000158. The molecule has 3 aromatic rings. The number of nitrogens with one attached hydrogen (secondary N) is 1. The zero-order valence-electron chi connectivity index (χ0n) is 19.1. The SMILES string of the molecule is CC(O)c1ccc(NC(=O)N2CCN(c3ccc(Cl)cc3)C(c3ccc(Cl)cc3)C2)cc1.CCl. The summed E-state index contributed by atoms with van der Waals surface area (Å²) < 4.78 is 0. The summed E-state index contributed by atoms with van der Waals surface area (Å²) in [7, 11) is 0. The van der Waals surface area contributed by atoms with E-state index in [4.69, 9.17) is 23.2 Å². The van der Waals surface area contributed by atoms with Gasteiger partial charge >= 0.3 is 6.03 Å². The molecule has 8 heteroatoms. The van der Waals surface area contributed by atoms with Gasteiger partial charge in [0.15, 0.2) is 0 Å². The molecule has 2 N–H and O–H groups in total. The summed E-state index contributed by atoms with van der Waals surface area (Å²) in [4.78, 5) is 17.1. The third kappa shape index (κ3) is 6.57. The van der Waals surface area contributed by atoms with Gasteiger partial charge in [-0.25, -0.2) is 4.79 Å². The highest BCUT2D eigenvalue weighted by Gasteiger charge is 2.31. The fourth-order valence-electron chi connectivity index (χ4n) is 3.93. The number of nitrogens with zero attached hydrogens (tertiary/aromatic N) is 2. The molecule has 2 atom stereocenters. The maximum Gasteiger partial charge on any atom is 0.321 e. The van der Waals surface area contributed by atoms with Gasteiger partial charge in [-0.3, -0.25) is 0 Å². The van der Waals surface area contributed by atoms with Crippen LogP contribution in [-0.4, -0.2) is 42.1 Å². The van der Waals surface area contributed by atoms with Crippen molar-refractivity contribution < 1.29 is 9.90 Å². The second kappa shape index (κ2) is 12.3. The first-order chi connectivity index (χ1) is 16.4. The predicted octanol–water partition coefficient (Wildman–Crippen LogP) is 7.00. The van der Waals surface area contributed by atoms with Crippen LogP contribution in [0.25, 0.3) is 0 Å². The maximum atomic E-state index is 13.0. The smallest absolute Gasteiger partial charge is 0.321 e. The van der Waals surface area contributed by atoms with Gasteiger partial charge in [-0.15, -0.1) is 11.6 Å². The Labute approximate surface area is 215 Å². The number of piperazine rings is 1. The van der Waals surface area contributed by atoms with Crippen molar-refractivity contribution in [2.45, 2.75) is 19.1 Å². The number of amides is 2. The number of hydrogen-bond donors (Lipinski definition) is 2. The molecule has 34 heavy (non-hydrogen) atoms. The molecule has 0 radical (unpaired) electrons. The van der Waals surface area contributed by atoms with Crippen LogP contribution in [0, 0.1) is 0 Å². The van der Waals surface area contributed by atoms with E-state index >= 15 is 0 Å². The lowest BCUT2D eigenvalue weighted by Crippen LogP contribution is -2.51. The minimum absolute atomic E-state index is 0.0226. The highest BCUT2D eigenvalue weighted by atomic mass is 35.5. The molecule has 1 aliphatic rings. The highest BCUT2D eigenvalue weighted by molar-refractivity contribution is 6.30. The van der Waals surface area contributed by atoms with Crippen molar-refractivity contribution >= 4 is 52.2 Å². The lowest BCUT2D eigenvalue weighted by molar-refractivity contribution is 0.198. The minimum atomic E-state index is -0.541. The van der Waals surface area contributed by atoms with Crippen LogP contribution in [0.1, 0.15) is 30.2 Å². The van der Waals surface area contributed by atoms with E-state index in [9.17, 15) is 9.90 Å². The molecule has 4 rings (SSSR count). The topological polar surface area (TPSA) is 55.8 Å². The number of aliphatic hydroxyl groups is 1. The summed E-state index contributed by atoms with van der Waals surface area (Å²) in [6, 6.07) is 22.6. The van der Waals surface area contributed by atoms with Gasteiger partial charge in [-0.05, 0) is 66.6 Å². The normalized spacial score (nSPS) is 16.4. The van der Waals surface area contributed by atoms with E-state index in [1.54, 1.807) is 19.1 Å². The van der Waals surface area contributed by atoms with Crippen LogP contribution < -0.4 is 10.2 Å². The van der Waals surface area contributed by atoms with E-state index in [0.717, 1.165) is 16.8 Å². The van der Waals surface area contributed by atoms with Gasteiger partial charge in [0, 0.05) is 47.4 Å². The summed E-state index contributed by atoms with van der Waals surface area (Å²) in [5, 5.41) is 14.0. The lowest BCUT2D eigenvalue weighted by Gasteiger charge is -2.43. The number of benzene rings is 3. The Bertz CT molecular complexity index is 1060. The van der Waals surface area contributed by atoms with Crippen LogP contribution in [0.15, 0.2) is 72.8 Å². The molecular formula is C26H28Cl3N3O2. The van der Waals surface area contributed by atoms with Crippen molar-refractivity contribution in [1.82, 2.24) is 4.90 Å². The molecule has 1 heterocycles. The van der Waals surface area contributed by atoms with Crippen LogP contribution >= 0.6 is 34.8 Å². The van der Waals surface area contributed by atoms with Gasteiger partial charge in [0.2, 0.25) is 0 Å². The standard InChI is InChI=1S/C25H25Cl2N3O2.CH3Cl/c1-17(31)18-4-10-22(11-5-18)28-25(32)29-14-15-30(23-12-8-21(27)9-13-23)24(16-29)19-2-6-20(26)7-3-19;1-2/h2-13,17,24,31H,14-16H2,1H3,(H,28,32);1H3. The number of rotatable bonds is 4. The molecule has 0 spiro atoms. The average molecular weight is 521 g/mol. The Kier molecular flexibility index (Phi) is 9.48. The molecule has 0 aromatic heterocycles. The first-order valence-electron chi connectivity index (χ1n) is 10.9. The summed E-state index contributed by atoms with van der Waals surface area (Å²) in [6.45, 7) is 3.51. The quantitative estimate of drug-likeness (QED) is 0.364. The summed E-state index contributed by atoms with van der Waals surface area (Å²) in [5.74, 6) is 0. The number of anilines is 2. The molecule has 1 saturated heterocycles. The molecule has 1 fully saturated rings. The van der Waals surface area contributed by atoms with E-state index in [-0.39, 0.29) is 12.1 Å². The van der Waals surface area contributed by atoms with Gasteiger partial charge in [0.25, 0.3) is 0 Å². The second-order valence-electron chi connectivity index (χ2n) is 7.91. The van der Waals surface area contributed by atoms with Crippen LogP contribution in [0.5, 0.6) is 0 Å². The number of carbonyl (C=O) groups is 1. The Morgan fingerprint density at radius 2 is 1.47 bits per heavy atom. The molecule has 3 aromatic carbocycles. The number of urea groups is 1. The van der Waals surface area contributed by atoms with Crippen molar-refractivity contribution in [1.29, 1.82) is 0 Å². The number of carbonyl (C=O) groups excluding carboxylic acids is 1. The van der Waals surface area contributed by atoms with Gasteiger partial charge in [0.1, 0.15) is 0 Å². The van der Waals surface area contributed by atoms with Crippen molar-refractivity contribution in [3.63, 3.8) is 0 Å². The van der Waals surface area contributed by atoms with Crippen molar-refractivity contribution in [2.24, 2.45) is 0 Å². The van der Waals surface area contributed by atoms with Gasteiger partial charge in [0.05, 0.1) is 12.1 Å². The van der Waals surface area contributed by atoms with Crippen LogP contribution in [-0.2, 0) is 0 Å². The third-order valence-electron chi connectivity index (χ3n) is 5.72. The molecule has 0 aliphatic carbocycles. The van der Waals surface area contributed by atoms with Crippen LogP contribution in [0.3, 0.4) is 0 Å². The van der Waals surface area contributed by atoms with E-state index in [1.165, 1.54) is 6.38 Å².